The van der Waals surface area contributed by atoms with Crippen LogP contribution in [0.4, 0.5) is 4.79 Å². The molecular formula is C23H29N3O5S. The lowest BCUT2D eigenvalue weighted by atomic mass is 10.2. The molecule has 1 aromatic heterocycles. The van der Waals surface area contributed by atoms with Crippen molar-refractivity contribution in [1.82, 2.24) is 9.88 Å². The van der Waals surface area contributed by atoms with Crippen molar-refractivity contribution in [3.63, 3.8) is 0 Å². The Kier molecular flexibility index (Phi) is 7.60. The van der Waals surface area contributed by atoms with E-state index in [1.807, 2.05) is 51.1 Å². The third-order valence-electron chi connectivity index (χ3n) is 4.62. The molecule has 0 spiro atoms. The van der Waals surface area contributed by atoms with Crippen LogP contribution in [0.15, 0.2) is 35.3 Å². The summed E-state index contributed by atoms with van der Waals surface area (Å²) in [4.78, 5) is 34.3. The highest BCUT2D eigenvalue weighted by Crippen LogP contribution is 2.26. The highest BCUT2D eigenvalue weighted by molar-refractivity contribution is 8.14. The average molecular weight is 460 g/mol. The van der Waals surface area contributed by atoms with Gasteiger partial charge in [0.25, 0.3) is 0 Å². The second kappa shape index (κ2) is 10.2. The number of aliphatic imine (C=N–C) groups is 1. The largest absolute Gasteiger partial charge is 0.494 e. The number of methoxy groups -OCH3 is 1. The van der Waals surface area contributed by atoms with E-state index in [4.69, 9.17) is 14.2 Å². The van der Waals surface area contributed by atoms with Gasteiger partial charge in [0, 0.05) is 24.7 Å². The normalized spacial score (nSPS) is 15.9. The first-order valence-electron chi connectivity index (χ1n) is 10.4. The molecule has 0 radical (unpaired) electrons. The Morgan fingerprint density at radius 3 is 2.72 bits per heavy atom. The number of amides is 1. The molecule has 1 atom stereocenters. The van der Waals surface area contributed by atoms with Crippen LogP contribution in [0.3, 0.4) is 0 Å². The zero-order chi connectivity index (χ0) is 23.3. The lowest BCUT2D eigenvalue weighted by Crippen LogP contribution is -2.35. The minimum Gasteiger partial charge on any atom is -0.494 e. The SMILES string of the molecule is COC(=O)[C@H]1CSC(c2ccc3cc(OCCCN(C)C(=O)OC(C)(C)C)ccc3n2)=N1. The molecule has 2 heterocycles. The summed E-state index contributed by atoms with van der Waals surface area (Å²) in [5, 5.41) is 1.70. The maximum absolute atomic E-state index is 12.0. The number of carbonyl (C=O) groups is 2. The van der Waals surface area contributed by atoms with Crippen LogP contribution in [-0.2, 0) is 14.3 Å². The van der Waals surface area contributed by atoms with E-state index in [0.29, 0.717) is 25.3 Å². The van der Waals surface area contributed by atoms with Crippen LogP contribution in [0.2, 0.25) is 0 Å². The van der Waals surface area contributed by atoms with E-state index < -0.39 is 11.6 Å². The Balaban J connectivity index is 1.55. The van der Waals surface area contributed by atoms with Gasteiger partial charge in [-0.1, -0.05) is 6.07 Å². The average Bonchev–Trinajstić information content (AvgIpc) is 3.24. The van der Waals surface area contributed by atoms with Crippen molar-refractivity contribution in [2.24, 2.45) is 4.99 Å². The summed E-state index contributed by atoms with van der Waals surface area (Å²) in [6.07, 6.45) is 0.344. The molecule has 1 amide bonds. The van der Waals surface area contributed by atoms with Crippen LogP contribution in [0.1, 0.15) is 32.9 Å². The first kappa shape index (κ1) is 23.8. The standard InChI is InChI=1S/C23H29N3O5S/c1-23(2,3)31-22(28)26(4)11-6-12-30-16-8-10-17-15(13-16)7-9-18(24-17)20-25-19(14-32-20)21(27)29-5/h7-10,13,19H,6,11-12,14H2,1-5H3/t19-/m1/s1. The van der Waals surface area contributed by atoms with Gasteiger partial charge in [0.15, 0.2) is 6.04 Å². The van der Waals surface area contributed by atoms with Gasteiger partial charge in [-0.15, -0.1) is 11.8 Å². The lowest BCUT2D eigenvalue weighted by Gasteiger charge is -2.24. The fourth-order valence-electron chi connectivity index (χ4n) is 3.01. The van der Waals surface area contributed by atoms with Crippen LogP contribution < -0.4 is 4.74 Å². The number of thioether (sulfide) groups is 1. The predicted octanol–water partition coefficient (Wildman–Crippen LogP) is 3.91. The van der Waals surface area contributed by atoms with Gasteiger partial charge in [0.1, 0.15) is 16.4 Å². The van der Waals surface area contributed by atoms with Gasteiger partial charge in [0.05, 0.1) is 24.9 Å². The number of ether oxygens (including phenoxy) is 3. The zero-order valence-corrected chi connectivity index (χ0v) is 19.9. The van der Waals surface area contributed by atoms with E-state index in [0.717, 1.165) is 27.4 Å². The fraction of sp³-hybridized carbons (Fsp3) is 0.478. The fourth-order valence-corrected chi connectivity index (χ4v) is 4.00. The van der Waals surface area contributed by atoms with Crippen molar-refractivity contribution in [1.29, 1.82) is 0 Å². The molecule has 0 aliphatic carbocycles. The zero-order valence-electron chi connectivity index (χ0n) is 19.1. The van der Waals surface area contributed by atoms with Gasteiger partial charge in [-0.25, -0.2) is 14.6 Å². The van der Waals surface area contributed by atoms with Crippen molar-refractivity contribution < 1.29 is 23.8 Å². The summed E-state index contributed by atoms with van der Waals surface area (Å²) in [7, 11) is 3.08. The molecule has 1 aliphatic heterocycles. The number of nitrogens with zero attached hydrogens (tertiary/aromatic N) is 3. The van der Waals surface area contributed by atoms with Crippen molar-refractivity contribution in [2.75, 3.05) is 33.1 Å². The molecule has 0 unspecified atom stereocenters. The van der Waals surface area contributed by atoms with E-state index in [-0.39, 0.29) is 12.1 Å². The predicted molar refractivity (Wildman–Crippen MR) is 126 cm³/mol. The molecule has 2 aromatic rings. The van der Waals surface area contributed by atoms with Gasteiger partial charge in [-0.3, -0.25) is 4.99 Å². The molecule has 32 heavy (non-hydrogen) atoms. The summed E-state index contributed by atoms with van der Waals surface area (Å²) < 4.78 is 15.9. The number of benzene rings is 1. The molecule has 0 saturated heterocycles. The summed E-state index contributed by atoms with van der Waals surface area (Å²) >= 11 is 1.50. The molecule has 8 nitrogen and oxygen atoms in total. The maximum Gasteiger partial charge on any atom is 0.410 e. The van der Waals surface area contributed by atoms with Crippen molar-refractivity contribution >= 4 is 39.8 Å². The molecule has 0 saturated carbocycles. The third-order valence-corrected chi connectivity index (χ3v) is 5.69. The van der Waals surface area contributed by atoms with Crippen molar-refractivity contribution in [3.8, 4) is 5.75 Å². The van der Waals surface area contributed by atoms with Gasteiger partial charge in [0.2, 0.25) is 0 Å². The summed E-state index contributed by atoms with van der Waals surface area (Å²) in [6, 6.07) is 9.10. The second-order valence-electron chi connectivity index (χ2n) is 8.44. The van der Waals surface area contributed by atoms with Crippen molar-refractivity contribution in [3.05, 3.63) is 36.0 Å². The molecule has 0 fully saturated rings. The number of fused-ring (bicyclic) bond motifs is 1. The molecule has 3 rings (SSSR count). The number of aromatic nitrogens is 1. The Bertz CT molecular complexity index is 1020. The molecule has 0 bridgehead atoms. The smallest absolute Gasteiger partial charge is 0.410 e. The number of esters is 1. The summed E-state index contributed by atoms with van der Waals surface area (Å²) in [5.74, 6) is 0.982. The van der Waals surface area contributed by atoms with E-state index >= 15 is 0 Å². The second-order valence-corrected chi connectivity index (χ2v) is 9.45. The molecule has 9 heteroatoms. The van der Waals surface area contributed by atoms with Crippen LogP contribution in [0.25, 0.3) is 10.9 Å². The Morgan fingerprint density at radius 1 is 1.22 bits per heavy atom. The van der Waals surface area contributed by atoms with E-state index in [2.05, 4.69) is 9.98 Å². The van der Waals surface area contributed by atoms with Gasteiger partial charge < -0.3 is 19.1 Å². The van der Waals surface area contributed by atoms with Crippen LogP contribution in [-0.4, -0.2) is 71.7 Å². The molecule has 172 valence electrons. The monoisotopic (exact) mass is 459 g/mol. The van der Waals surface area contributed by atoms with Gasteiger partial charge >= 0.3 is 12.1 Å². The quantitative estimate of drug-likeness (QED) is 0.458. The number of pyridine rings is 1. The highest BCUT2D eigenvalue weighted by atomic mass is 32.2. The number of hydrogen-bond acceptors (Lipinski definition) is 8. The molecule has 1 aliphatic rings. The minimum absolute atomic E-state index is 0.327. The van der Waals surface area contributed by atoms with Gasteiger partial charge in [-0.2, -0.15) is 0 Å². The third kappa shape index (κ3) is 6.35. The number of rotatable bonds is 7. The van der Waals surface area contributed by atoms with Crippen LogP contribution in [0, 0.1) is 0 Å². The maximum atomic E-state index is 12.0. The lowest BCUT2D eigenvalue weighted by molar-refractivity contribution is -0.141. The van der Waals surface area contributed by atoms with Crippen molar-refractivity contribution in [2.45, 2.75) is 38.8 Å². The summed E-state index contributed by atoms with van der Waals surface area (Å²) in [5.41, 5.74) is 1.06. The highest BCUT2D eigenvalue weighted by Gasteiger charge is 2.27. The van der Waals surface area contributed by atoms with E-state index in [1.54, 1.807) is 11.9 Å². The van der Waals surface area contributed by atoms with E-state index in [1.165, 1.54) is 18.9 Å². The van der Waals surface area contributed by atoms with Crippen LogP contribution in [0.5, 0.6) is 5.75 Å². The minimum atomic E-state index is -0.507. The summed E-state index contributed by atoms with van der Waals surface area (Å²) in [6.45, 7) is 6.56. The topological polar surface area (TPSA) is 90.3 Å². The Hall–Kier alpha value is -2.81. The first-order chi connectivity index (χ1) is 15.2. The Morgan fingerprint density at radius 2 is 2.00 bits per heavy atom. The van der Waals surface area contributed by atoms with Crippen LogP contribution >= 0.6 is 11.8 Å². The Labute approximate surface area is 192 Å². The molecule has 0 N–H and O–H groups in total. The number of carbonyl (C=O) groups excluding carboxylic acids is 2. The first-order valence-corrected chi connectivity index (χ1v) is 11.4. The number of hydrogen-bond donors (Lipinski definition) is 0. The van der Waals surface area contributed by atoms with E-state index in [9.17, 15) is 9.59 Å². The van der Waals surface area contributed by atoms with Gasteiger partial charge in [-0.05, 0) is 51.5 Å². The molecular weight excluding hydrogens is 430 g/mol. The molecule has 1 aromatic carbocycles.